The number of halogens is 1. The Labute approximate surface area is 249 Å². The molecule has 1 saturated heterocycles. The number of allylic oxidation sites excluding steroid dienone is 9. The Hall–Kier alpha value is -2.57. The molecule has 0 amide bonds. The maximum atomic E-state index is 10.0. The Morgan fingerprint density at radius 1 is 1.10 bits per heavy atom. The van der Waals surface area contributed by atoms with Crippen LogP contribution in [-0.4, -0.2) is 61.2 Å². The molecule has 0 saturated carbocycles. The number of likely N-dealkylation sites (N-methyl/N-ethyl adjacent to an activating group) is 1. The van der Waals surface area contributed by atoms with Crippen LogP contribution in [0.3, 0.4) is 0 Å². The summed E-state index contributed by atoms with van der Waals surface area (Å²) in [6.07, 6.45) is 27.6. The van der Waals surface area contributed by atoms with E-state index in [-0.39, 0.29) is 0 Å². The van der Waals surface area contributed by atoms with Gasteiger partial charge in [0.15, 0.2) is 0 Å². The van der Waals surface area contributed by atoms with E-state index in [1.165, 1.54) is 11.4 Å². The molecule has 7 heteroatoms. The monoisotopic (exact) mass is 574 g/mol. The molecule has 0 spiro atoms. The molecular weight excluding hydrogens is 520 g/mol. The summed E-state index contributed by atoms with van der Waals surface area (Å²) in [7, 11) is 3.88. The zero-order chi connectivity index (χ0) is 29.4. The fourth-order valence-corrected chi connectivity index (χ4v) is 4.29. The first-order valence-electron chi connectivity index (χ1n) is 15.0. The second-order valence-corrected chi connectivity index (χ2v) is 10.2. The van der Waals surface area contributed by atoms with Gasteiger partial charge in [-0.05, 0) is 63.0 Å². The number of unbranched alkanes of at least 4 members (excludes halogenated alkanes) is 2. The van der Waals surface area contributed by atoms with E-state index in [1.807, 2.05) is 26.2 Å². The highest BCUT2D eigenvalue weighted by atomic mass is 35.5. The van der Waals surface area contributed by atoms with Crippen molar-refractivity contribution in [3.05, 3.63) is 83.4 Å². The van der Waals surface area contributed by atoms with E-state index in [4.69, 9.17) is 16.3 Å². The number of ether oxygens (including phenoxy) is 1. The summed E-state index contributed by atoms with van der Waals surface area (Å²) in [5, 5.41) is 16.5. The molecule has 226 valence electrons. The number of alkyl halides is 1. The van der Waals surface area contributed by atoms with E-state index < -0.39 is 0 Å². The van der Waals surface area contributed by atoms with Crippen molar-refractivity contribution in [2.24, 2.45) is 0 Å². The molecule has 0 aromatic carbocycles. The third kappa shape index (κ3) is 15.3. The lowest BCUT2D eigenvalue weighted by Gasteiger charge is -2.46. The summed E-state index contributed by atoms with van der Waals surface area (Å²) in [5.41, 5.74) is 3.60. The molecule has 0 aromatic heterocycles. The van der Waals surface area contributed by atoms with Gasteiger partial charge in [0.25, 0.3) is 0 Å². The first kappa shape index (κ1) is 35.5. The molecule has 1 aliphatic heterocycles. The van der Waals surface area contributed by atoms with Crippen molar-refractivity contribution in [1.29, 1.82) is 0 Å². The van der Waals surface area contributed by atoms with Crippen LogP contribution < -0.4 is 10.6 Å². The third-order valence-corrected chi connectivity index (χ3v) is 6.83. The topological polar surface area (TPSA) is 60.0 Å². The van der Waals surface area contributed by atoms with Crippen molar-refractivity contribution >= 4 is 11.6 Å². The van der Waals surface area contributed by atoms with Crippen LogP contribution in [0.15, 0.2) is 83.4 Å². The van der Waals surface area contributed by atoms with Gasteiger partial charge in [0.2, 0.25) is 0 Å². The quantitative estimate of drug-likeness (QED) is 0.0402. The number of rotatable bonds is 22. The lowest BCUT2D eigenvalue weighted by Crippen LogP contribution is -2.51. The van der Waals surface area contributed by atoms with Crippen LogP contribution in [0.25, 0.3) is 0 Å². The van der Waals surface area contributed by atoms with E-state index in [2.05, 4.69) is 77.8 Å². The van der Waals surface area contributed by atoms with Crippen LogP contribution in [-0.2, 0) is 4.74 Å². The zero-order valence-electron chi connectivity index (χ0n) is 25.7. The summed E-state index contributed by atoms with van der Waals surface area (Å²) in [4.78, 5) is 4.66. The van der Waals surface area contributed by atoms with Gasteiger partial charge in [-0.15, -0.1) is 11.6 Å². The maximum Gasteiger partial charge on any atom is 0.107 e. The van der Waals surface area contributed by atoms with E-state index in [0.29, 0.717) is 24.7 Å². The Morgan fingerprint density at radius 3 is 2.60 bits per heavy atom. The first-order valence-corrected chi connectivity index (χ1v) is 15.5. The minimum absolute atomic E-state index is 0.463. The second kappa shape index (κ2) is 23.2. The van der Waals surface area contributed by atoms with Gasteiger partial charge < -0.3 is 30.3 Å². The molecule has 0 bridgehead atoms. The van der Waals surface area contributed by atoms with Crippen LogP contribution in [0.2, 0.25) is 0 Å². The largest absolute Gasteiger partial charge is 0.513 e. The molecule has 0 unspecified atom stereocenters. The van der Waals surface area contributed by atoms with Gasteiger partial charge in [-0.3, -0.25) is 0 Å². The lowest BCUT2D eigenvalue weighted by atomic mass is 10.1. The second-order valence-electron chi connectivity index (χ2n) is 9.93. The smallest absolute Gasteiger partial charge is 0.107 e. The summed E-state index contributed by atoms with van der Waals surface area (Å²) >= 11 is 6.30. The van der Waals surface area contributed by atoms with E-state index in [0.717, 1.165) is 82.4 Å². The van der Waals surface area contributed by atoms with Crippen molar-refractivity contribution in [2.45, 2.75) is 78.6 Å². The van der Waals surface area contributed by atoms with Crippen molar-refractivity contribution in [1.82, 2.24) is 20.4 Å². The van der Waals surface area contributed by atoms with E-state index >= 15 is 0 Å². The van der Waals surface area contributed by atoms with Crippen molar-refractivity contribution in [3.8, 4) is 0 Å². The highest BCUT2D eigenvalue weighted by Gasteiger charge is 2.27. The lowest BCUT2D eigenvalue weighted by molar-refractivity contribution is 0.0641. The molecule has 1 fully saturated rings. The predicted octanol–water partition coefficient (Wildman–Crippen LogP) is 7.87. The summed E-state index contributed by atoms with van der Waals surface area (Å²) in [6, 6.07) is 0. The zero-order valence-corrected chi connectivity index (χ0v) is 26.5. The minimum Gasteiger partial charge on any atom is -0.513 e. The van der Waals surface area contributed by atoms with Crippen LogP contribution in [0, 0.1) is 0 Å². The van der Waals surface area contributed by atoms with Gasteiger partial charge in [0.05, 0.1) is 25.2 Å². The standard InChI is InChI=1S/C33H55ClN4O2/c1-6-9-14-29(15-10-7-2)19-20-33-37(22-24-40-23-13-21-35-4)28-38(33)27-31(36-5)25-30(26-34)16-12-18-32(39)17-11-8-3/h9,13-16,18,20,23,27,35-36,39H,6-8,10-12,17,19,21-22,24-26,28H2,1-5H3/b14-9-,23-13-,29-15?,30-16?,31-27-,32-18+,33-20+. The molecule has 0 aromatic rings. The average Bonchev–Trinajstić information content (AvgIpc) is 2.96. The molecular formula is C33H55ClN4O2. The van der Waals surface area contributed by atoms with Gasteiger partial charge >= 0.3 is 0 Å². The average molecular weight is 575 g/mol. The van der Waals surface area contributed by atoms with Crippen LogP contribution in [0.5, 0.6) is 0 Å². The van der Waals surface area contributed by atoms with Crippen molar-refractivity contribution in [3.63, 3.8) is 0 Å². The summed E-state index contributed by atoms with van der Waals surface area (Å²) in [5.74, 6) is 2.13. The fourth-order valence-electron chi connectivity index (χ4n) is 4.09. The fraction of sp³-hybridized carbons (Fsp3) is 0.576. The molecule has 40 heavy (non-hydrogen) atoms. The number of nitrogens with one attached hydrogen (secondary N) is 2. The normalized spacial score (nSPS) is 16.5. The number of aliphatic hydroxyl groups excluding tert-OH is 1. The highest BCUT2D eigenvalue weighted by Crippen LogP contribution is 2.27. The Balaban J connectivity index is 3.00. The van der Waals surface area contributed by atoms with E-state index in [1.54, 1.807) is 6.26 Å². The number of hydrogen-bond donors (Lipinski definition) is 3. The molecule has 6 nitrogen and oxygen atoms in total. The van der Waals surface area contributed by atoms with Gasteiger partial charge in [-0.1, -0.05) is 63.5 Å². The number of nitrogens with zero attached hydrogens (tertiary/aromatic N) is 2. The summed E-state index contributed by atoms with van der Waals surface area (Å²) in [6.45, 7) is 9.60. The maximum absolute atomic E-state index is 10.0. The molecule has 0 radical (unpaired) electrons. The third-order valence-electron chi connectivity index (χ3n) is 6.49. The van der Waals surface area contributed by atoms with Crippen LogP contribution in [0.1, 0.15) is 78.6 Å². The Morgan fingerprint density at radius 2 is 1.93 bits per heavy atom. The van der Waals surface area contributed by atoms with Gasteiger partial charge in [-0.2, -0.15) is 0 Å². The molecule has 3 N–H and O–H groups in total. The molecule has 0 atom stereocenters. The van der Waals surface area contributed by atoms with Gasteiger partial charge in [-0.25, -0.2) is 0 Å². The van der Waals surface area contributed by atoms with E-state index in [9.17, 15) is 5.11 Å². The Bertz CT molecular complexity index is 902. The predicted molar refractivity (Wildman–Crippen MR) is 173 cm³/mol. The van der Waals surface area contributed by atoms with Crippen molar-refractivity contribution < 1.29 is 9.84 Å². The number of hydrogen-bond acceptors (Lipinski definition) is 6. The molecule has 1 rings (SSSR count). The Kier molecular flexibility index (Phi) is 20.5. The SMILES string of the molecule is CC/C=C\C(=CCCC)C/C=C1/N(/C=C(/CC(=CC/C=C(/O)CCCC)CCl)NC)CN1CCO/C=C\CNC. The molecule has 1 aliphatic rings. The molecule has 1 heterocycles. The van der Waals surface area contributed by atoms with Gasteiger partial charge in [0, 0.05) is 44.2 Å². The summed E-state index contributed by atoms with van der Waals surface area (Å²) < 4.78 is 5.70. The van der Waals surface area contributed by atoms with Gasteiger partial charge in [0.1, 0.15) is 12.4 Å². The van der Waals surface area contributed by atoms with Crippen LogP contribution >= 0.6 is 11.6 Å². The van der Waals surface area contributed by atoms with Crippen molar-refractivity contribution in [2.75, 3.05) is 46.3 Å². The van der Waals surface area contributed by atoms with Crippen LogP contribution in [0.4, 0.5) is 0 Å². The number of aliphatic hydroxyl groups is 1. The first-order chi connectivity index (χ1) is 19.5. The minimum atomic E-state index is 0.463. The molecule has 0 aliphatic carbocycles. The highest BCUT2D eigenvalue weighted by molar-refractivity contribution is 6.19.